The Bertz CT molecular complexity index is 1320. The Morgan fingerprint density at radius 1 is 1.13 bits per heavy atom. The van der Waals surface area contributed by atoms with Crippen LogP contribution in [0.25, 0.3) is 16.8 Å². The predicted molar refractivity (Wildman–Crippen MR) is 124 cm³/mol. The minimum Gasteiger partial charge on any atom is -0.497 e. The lowest BCUT2D eigenvalue weighted by molar-refractivity contribution is 0.102. The van der Waals surface area contributed by atoms with Crippen LogP contribution in [-0.2, 0) is 0 Å². The van der Waals surface area contributed by atoms with Gasteiger partial charge in [-0.05, 0) is 54.3 Å². The minimum absolute atomic E-state index is 0.254. The SMILES string of the molecule is COc1cccc(-c2c(NC(=O)c3cccs3)n(-c3cccc(Cl)c3)nc(C)c2=O)c1. The summed E-state index contributed by atoms with van der Waals surface area (Å²) in [7, 11) is 1.56. The monoisotopic (exact) mass is 451 g/mol. The average Bonchev–Trinajstić information content (AvgIpc) is 3.31. The fourth-order valence-corrected chi connectivity index (χ4v) is 3.98. The molecule has 1 amide bonds. The van der Waals surface area contributed by atoms with Crippen LogP contribution in [0.2, 0.25) is 5.02 Å². The summed E-state index contributed by atoms with van der Waals surface area (Å²) in [5.74, 6) is 0.515. The van der Waals surface area contributed by atoms with Crippen LogP contribution in [0.1, 0.15) is 15.4 Å². The van der Waals surface area contributed by atoms with Crippen molar-refractivity contribution in [1.29, 1.82) is 0 Å². The van der Waals surface area contributed by atoms with Crippen molar-refractivity contribution in [3.63, 3.8) is 0 Å². The summed E-state index contributed by atoms with van der Waals surface area (Å²) in [6.45, 7) is 1.64. The number of aryl methyl sites for hydroxylation is 1. The molecule has 0 spiro atoms. The van der Waals surface area contributed by atoms with E-state index in [1.165, 1.54) is 16.0 Å². The maximum Gasteiger partial charge on any atom is 0.266 e. The first-order valence-electron chi connectivity index (χ1n) is 9.37. The van der Waals surface area contributed by atoms with Gasteiger partial charge in [0.05, 0.1) is 23.2 Å². The highest BCUT2D eigenvalue weighted by molar-refractivity contribution is 7.12. The number of methoxy groups -OCH3 is 1. The van der Waals surface area contributed by atoms with Crippen LogP contribution in [0.3, 0.4) is 0 Å². The number of carbonyl (C=O) groups excluding carboxylic acids is 1. The van der Waals surface area contributed by atoms with Crippen LogP contribution in [0.5, 0.6) is 5.75 Å². The lowest BCUT2D eigenvalue weighted by atomic mass is 10.0. The second kappa shape index (κ2) is 8.75. The summed E-state index contributed by atoms with van der Waals surface area (Å²) in [5, 5.41) is 9.66. The van der Waals surface area contributed by atoms with Gasteiger partial charge in [-0.25, -0.2) is 4.68 Å². The second-order valence-corrected chi connectivity index (χ2v) is 8.08. The molecule has 0 saturated carbocycles. The highest BCUT2D eigenvalue weighted by Crippen LogP contribution is 2.30. The standard InChI is InChI=1S/C23H18ClN3O3S/c1-14-21(28)20(15-6-3-9-18(12-15)30-2)22(25-23(29)19-10-5-11-31-19)27(26-14)17-8-4-7-16(24)13-17/h3-13H,1-2H3,(H,25,29). The number of nitrogens with zero attached hydrogens (tertiary/aromatic N) is 2. The van der Waals surface area contributed by atoms with Crippen molar-refractivity contribution in [3.05, 3.63) is 91.9 Å². The number of ether oxygens (including phenoxy) is 1. The third kappa shape index (κ3) is 4.23. The molecule has 156 valence electrons. The molecule has 0 saturated heterocycles. The van der Waals surface area contributed by atoms with Gasteiger partial charge in [-0.15, -0.1) is 11.3 Å². The minimum atomic E-state index is -0.333. The first kappa shape index (κ1) is 20.8. The van der Waals surface area contributed by atoms with Crippen LogP contribution in [0.4, 0.5) is 5.82 Å². The molecule has 0 radical (unpaired) electrons. The van der Waals surface area contributed by atoms with E-state index >= 15 is 0 Å². The number of hydrogen-bond acceptors (Lipinski definition) is 5. The van der Waals surface area contributed by atoms with Crippen LogP contribution >= 0.6 is 22.9 Å². The number of hydrogen-bond donors (Lipinski definition) is 1. The Balaban J connectivity index is 2.00. The molecule has 0 atom stereocenters. The van der Waals surface area contributed by atoms with Gasteiger partial charge in [-0.2, -0.15) is 5.10 Å². The van der Waals surface area contributed by atoms with E-state index in [2.05, 4.69) is 10.4 Å². The predicted octanol–water partition coefficient (Wildman–Crippen LogP) is 5.18. The zero-order chi connectivity index (χ0) is 22.0. The van der Waals surface area contributed by atoms with Crippen molar-refractivity contribution in [2.45, 2.75) is 6.92 Å². The van der Waals surface area contributed by atoms with E-state index in [0.717, 1.165) is 0 Å². The summed E-state index contributed by atoms with van der Waals surface area (Å²) in [5.41, 5.74) is 1.53. The summed E-state index contributed by atoms with van der Waals surface area (Å²) in [6.07, 6.45) is 0. The quantitative estimate of drug-likeness (QED) is 0.453. The Labute approximate surface area is 187 Å². The molecule has 0 aliphatic rings. The number of aromatic nitrogens is 2. The largest absolute Gasteiger partial charge is 0.497 e. The van der Waals surface area contributed by atoms with Gasteiger partial charge in [0.25, 0.3) is 5.91 Å². The molecule has 0 fully saturated rings. The Hall–Kier alpha value is -3.42. The van der Waals surface area contributed by atoms with Crippen LogP contribution in [0, 0.1) is 6.92 Å². The summed E-state index contributed by atoms with van der Waals surface area (Å²) >= 11 is 7.50. The van der Waals surface area contributed by atoms with Crippen LogP contribution < -0.4 is 15.5 Å². The number of amides is 1. The Morgan fingerprint density at radius 2 is 1.94 bits per heavy atom. The molecular weight excluding hydrogens is 434 g/mol. The molecule has 0 aliphatic carbocycles. The number of anilines is 1. The molecular formula is C23H18ClN3O3S. The third-order valence-corrected chi connectivity index (χ3v) is 5.75. The number of carbonyl (C=O) groups is 1. The van der Waals surface area contributed by atoms with Crippen molar-refractivity contribution >= 4 is 34.7 Å². The average molecular weight is 452 g/mol. The van der Waals surface area contributed by atoms with Gasteiger partial charge in [0.2, 0.25) is 5.43 Å². The first-order valence-corrected chi connectivity index (χ1v) is 10.6. The lowest BCUT2D eigenvalue weighted by Crippen LogP contribution is -2.24. The summed E-state index contributed by atoms with van der Waals surface area (Å²) in [6, 6.07) is 17.7. The number of benzene rings is 2. The Kier molecular flexibility index (Phi) is 5.88. The van der Waals surface area contributed by atoms with Gasteiger partial charge in [0.1, 0.15) is 17.3 Å². The second-order valence-electron chi connectivity index (χ2n) is 6.69. The molecule has 2 aromatic carbocycles. The molecule has 1 N–H and O–H groups in total. The molecule has 2 heterocycles. The van der Waals surface area contributed by atoms with Crippen LogP contribution in [0.15, 0.2) is 70.8 Å². The van der Waals surface area contributed by atoms with E-state index in [1.807, 2.05) is 5.38 Å². The van der Waals surface area contributed by atoms with E-state index in [4.69, 9.17) is 16.3 Å². The molecule has 8 heteroatoms. The van der Waals surface area contributed by atoms with Crippen molar-refractivity contribution in [3.8, 4) is 22.6 Å². The van der Waals surface area contributed by atoms with Crippen LogP contribution in [-0.4, -0.2) is 22.8 Å². The van der Waals surface area contributed by atoms with E-state index in [1.54, 1.807) is 74.7 Å². The van der Waals surface area contributed by atoms with Gasteiger partial charge in [-0.1, -0.05) is 35.9 Å². The zero-order valence-corrected chi connectivity index (χ0v) is 18.3. The highest BCUT2D eigenvalue weighted by Gasteiger charge is 2.21. The van der Waals surface area contributed by atoms with Gasteiger partial charge >= 0.3 is 0 Å². The zero-order valence-electron chi connectivity index (χ0n) is 16.8. The smallest absolute Gasteiger partial charge is 0.266 e. The molecule has 2 aromatic heterocycles. The van der Waals surface area contributed by atoms with Gasteiger partial charge in [0, 0.05) is 5.02 Å². The fraction of sp³-hybridized carbons (Fsp3) is 0.0870. The van der Waals surface area contributed by atoms with Crippen molar-refractivity contribution < 1.29 is 9.53 Å². The maximum atomic E-state index is 13.2. The number of thiophene rings is 1. The summed E-state index contributed by atoms with van der Waals surface area (Å²) in [4.78, 5) is 26.7. The van der Waals surface area contributed by atoms with Gasteiger partial charge in [0.15, 0.2) is 0 Å². The van der Waals surface area contributed by atoms with Crippen molar-refractivity contribution in [2.75, 3.05) is 12.4 Å². The maximum absolute atomic E-state index is 13.2. The normalized spacial score (nSPS) is 10.7. The first-order chi connectivity index (χ1) is 15.0. The Morgan fingerprint density at radius 3 is 2.65 bits per heavy atom. The fourth-order valence-electron chi connectivity index (χ4n) is 3.17. The molecule has 0 aliphatic heterocycles. The molecule has 4 aromatic rings. The number of halogens is 1. The number of nitrogens with one attached hydrogen (secondary N) is 1. The molecule has 0 unspecified atom stereocenters. The van der Waals surface area contributed by atoms with E-state index in [-0.39, 0.29) is 22.8 Å². The van der Waals surface area contributed by atoms with E-state index in [9.17, 15) is 9.59 Å². The molecule has 4 rings (SSSR count). The highest BCUT2D eigenvalue weighted by atomic mass is 35.5. The van der Waals surface area contributed by atoms with E-state index in [0.29, 0.717) is 32.5 Å². The van der Waals surface area contributed by atoms with Gasteiger partial charge < -0.3 is 10.1 Å². The number of rotatable bonds is 5. The van der Waals surface area contributed by atoms with E-state index < -0.39 is 0 Å². The topological polar surface area (TPSA) is 73.2 Å². The third-order valence-electron chi connectivity index (χ3n) is 4.64. The molecule has 0 bridgehead atoms. The van der Waals surface area contributed by atoms with Gasteiger partial charge in [-0.3, -0.25) is 9.59 Å². The van der Waals surface area contributed by atoms with Crippen molar-refractivity contribution in [2.24, 2.45) is 0 Å². The summed E-state index contributed by atoms with van der Waals surface area (Å²) < 4.78 is 6.86. The molecule has 31 heavy (non-hydrogen) atoms. The lowest BCUT2D eigenvalue weighted by Gasteiger charge is -2.18. The molecule has 6 nitrogen and oxygen atoms in total. The van der Waals surface area contributed by atoms with Crippen molar-refractivity contribution in [1.82, 2.24) is 9.78 Å².